The summed E-state index contributed by atoms with van der Waals surface area (Å²) in [7, 11) is 1.67. The lowest BCUT2D eigenvalue weighted by atomic mass is 10.0. The predicted molar refractivity (Wildman–Crippen MR) is 66.7 cm³/mol. The molecular weight excluding hydrogens is 198 g/mol. The zero-order valence-corrected chi connectivity index (χ0v) is 9.31. The monoisotopic (exact) mass is 213 g/mol. The second-order valence-corrected chi connectivity index (χ2v) is 3.77. The van der Waals surface area contributed by atoms with Gasteiger partial charge >= 0.3 is 0 Å². The van der Waals surface area contributed by atoms with Crippen molar-refractivity contribution in [3.05, 3.63) is 59.7 Å². The molecule has 0 bridgehead atoms. The Morgan fingerprint density at radius 3 is 2.38 bits per heavy atom. The van der Waals surface area contributed by atoms with Gasteiger partial charge in [0.05, 0.1) is 7.11 Å². The van der Waals surface area contributed by atoms with Gasteiger partial charge in [0, 0.05) is 5.69 Å². The highest BCUT2D eigenvalue weighted by Gasteiger charge is 1.97. The lowest BCUT2D eigenvalue weighted by Gasteiger charge is -2.04. The SMILES string of the molecule is COc1ccc(Cc2cccc(N)c2)cc1. The number of nitrogen functional groups attached to an aromatic ring is 1. The minimum absolute atomic E-state index is 0.811. The molecular formula is C14H15NO. The molecule has 0 saturated carbocycles. The molecule has 0 amide bonds. The van der Waals surface area contributed by atoms with E-state index in [1.165, 1.54) is 11.1 Å². The third-order valence-electron chi connectivity index (χ3n) is 2.52. The first-order valence-electron chi connectivity index (χ1n) is 5.25. The van der Waals surface area contributed by atoms with Gasteiger partial charge in [0.2, 0.25) is 0 Å². The Hall–Kier alpha value is -1.96. The molecule has 82 valence electrons. The Labute approximate surface area is 95.7 Å². The molecule has 0 aromatic heterocycles. The average Bonchev–Trinajstić information content (AvgIpc) is 2.30. The van der Waals surface area contributed by atoms with Gasteiger partial charge in [0.1, 0.15) is 5.75 Å². The summed E-state index contributed by atoms with van der Waals surface area (Å²) in [5.74, 6) is 0.885. The summed E-state index contributed by atoms with van der Waals surface area (Å²) in [6, 6.07) is 16.1. The first-order chi connectivity index (χ1) is 7.78. The van der Waals surface area contributed by atoms with Crippen LogP contribution in [0.4, 0.5) is 5.69 Å². The van der Waals surface area contributed by atoms with Gasteiger partial charge in [-0.3, -0.25) is 0 Å². The molecule has 0 atom stereocenters. The van der Waals surface area contributed by atoms with Crippen LogP contribution in [0, 0.1) is 0 Å². The molecule has 0 aliphatic rings. The predicted octanol–water partition coefficient (Wildman–Crippen LogP) is 2.87. The van der Waals surface area contributed by atoms with E-state index < -0.39 is 0 Å². The standard InChI is InChI=1S/C14H15NO/c1-16-14-7-5-11(6-8-14)9-12-3-2-4-13(15)10-12/h2-8,10H,9,15H2,1H3. The molecule has 0 saturated heterocycles. The van der Waals surface area contributed by atoms with Gasteiger partial charge in [-0.1, -0.05) is 24.3 Å². The van der Waals surface area contributed by atoms with Crippen molar-refractivity contribution in [3.8, 4) is 5.75 Å². The van der Waals surface area contributed by atoms with E-state index in [4.69, 9.17) is 10.5 Å². The molecule has 0 aliphatic heterocycles. The van der Waals surface area contributed by atoms with Crippen molar-refractivity contribution in [1.82, 2.24) is 0 Å². The van der Waals surface area contributed by atoms with E-state index in [1.54, 1.807) is 7.11 Å². The van der Waals surface area contributed by atoms with Gasteiger partial charge in [-0.05, 0) is 41.8 Å². The van der Waals surface area contributed by atoms with Gasteiger partial charge in [-0.15, -0.1) is 0 Å². The van der Waals surface area contributed by atoms with Gasteiger partial charge in [0.25, 0.3) is 0 Å². The maximum absolute atomic E-state index is 5.74. The van der Waals surface area contributed by atoms with Crippen LogP contribution in [-0.2, 0) is 6.42 Å². The van der Waals surface area contributed by atoms with Crippen LogP contribution in [0.15, 0.2) is 48.5 Å². The number of hydrogen-bond acceptors (Lipinski definition) is 2. The highest BCUT2D eigenvalue weighted by molar-refractivity contribution is 5.42. The van der Waals surface area contributed by atoms with E-state index >= 15 is 0 Å². The van der Waals surface area contributed by atoms with Crippen LogP contribution in [0.25, 0.3) is 0 Å². The second-order valence-electron chi connectivity index (χ2n) is 3.77. The molecule has 16 heavy (non-hydrogen) atoms. The van der Waals surface area contributed by atoms with Crippen LogP contribution >= 0.6 is 0 Å². The summed E-state index contributed by atoms with van der Waals surface area (Å²) in [5, 5.41) is 0. The highest BCUT2D eigenvalue weighted by atomic mass is 16.5. The molecule has 0 unspecified atom stereocenters. The van der Waals surface area contributed by atoms with Crippen molar-refractivity contribution in [2.24, 2.45) is 0 Å². The Balaban J connectivity index is 2.14. The molecule has 2 aromatic carbocycles. The number of benzene rings is 2. The number of rotatable bonds is 3. The molecule has 2 N–H and O–H groups in total. The summed E-state index contributed by atoms with van der Waals surface area (Å²) in [6.45, 7) is 0. The molecule has 0 spiro atoms. The molecule has 0 heterocycles. The third kappa shape index (κ3) is 2.54. The third-order valence-corrected chi connectivity index (χ3v) is 2.52. The van der Waals surface area contributed by atoms with Crippen molar-refractivity contribution in [2.75, 3.05) is 12.8 Å². The topological polar surface area (TPSA) is 35.2 Å². The van der Waals surface area contributed by atoms with E-state index in [-0.39, 0.29) is 0 Å². The number of ether oxygens (including phenoxy) is 1. The van der Waals surface area contributed by atoms with Crippen molar-refractivity contribution in [3.63, 3.8) is 0 Å². The molecule has 0 aliphatic carbocycles. The Morgan fingerprint density at radius 2 is 1.75 bits per heavy atom. The lowest BCUT2D eigenvalue weighted by molar-refractivity contribution is 0.414. The van der Waals surface area contributed by atoms with E-state index in [1.807, 2.05) is 30.3 Å². The minimum Gasteiger partial charge on any atom is -0.497 e. The van der Waals surface area contributed by atoms with Crippen LogP contribution in [0.1, 0.15) is 11.1 Å². The van der Waals surface area contributed by atoms with Crippen molar-refractivity contribution in [1.29, 1.82) is 0 Å². The van der Waals surface area contributed by atoms with E-state index in [9.17, 15) is 0 Å². The fraction of sp³-hybridized carbons (Fsp3) is 0.143. The molecule has 0 fully saturated rings. The molecule has 2 aromatic rings. The fourth-order valence-corrected chi connectivity index (χ4v) is 1.68. The Bertz CT molecular complexity index is 462. The van der Waals surface area contributed by atoms with Gasteiger partial charge in [0.15, 0.2) is 0 Å². The van der Waals surface area contributed by atoms with Crippen LogP contribution in [0.3, 0.4) is 0 Å². The van der Waals surface area contributed by atoms with Crippen molar-refractivity contribution < 1.29 is 4.74 Å². The molecule has 0 radical (unpaired) electrons. The Morgan fingerprint density at radius 1 is 1.00 bits per heavy atom. The average molecular weight is 213 g/mol. The van der Waals surface area contributed by atoms with E-state index in [2.05, 4.69) is 18.2 Å². The second kappa shape index (κ2) is 4.71. The summed E-state index contributed by atoms with van der Waals surface area (Å²) in [4.78, 5) is 0. The summed E-state index contributed by atoms with van der Waals surface area (Å²) in [5.41, 5.74) is 9.03. The Kier molecular flexibility index (Phi) is 3.10. The van der Waals surface area contributed by atoms with E-state index in [0.717, 1.165) is 17.9 Å². The van der Waals surface area contributed by atoms with Crippen molar-refractivity contribution in [2.45, 2.75) is 6.42 Å². The number of anilines is 1. The summed E-state index contributed by atoms with van der Waals surface area (Å²) < 4.78 is 5.12. The van der Waals surface area contributed by atoms with Crippen LogP contribution in [0.5, 0.6) is 5.75 Å². The van der Waals surface area contributed by atoms with Crippen LogP contribution in [0.2, 0.25) is 0 Å². The minimum atomic E-state index is 0.811. The maximum Gasteiger partial charge on any atom is 0.118 e. The molecule has 2 rings (SSSR count). The van der Waals surface area contributed by atoms with Gasteiger partial charge in [-0.2, -0.15) is 0 Å². The smallest absolute Gasteiger partial charge is 0.118 e. The van der Waals surface area contributed by atoms with Gasteiger partial charge < -0.3 is 10.5 Å². The summed E-state index contributed by atoms with van der Waals surface area (Å²) >= 11 is 0. The summed E-state index contributed by atoms with van der Waals surface area (Å²) in [6.07, 6.45) is 0.898. The maximum atomic E-state index is 5.74. The first-order valence-corrected chi connectivity index (χ1v) is 5.25. The van der Waals surface area contributed by atoms with Crippen molar-refractivity contribution >= 4 is 5.69 Å². The lowest BCUT2D eigenvalue weighted by Crippen LogP contribution is -1.91. The number of nitrogens with two attached hydrogens (primary N) is 1. The number of methoxy groups -OCH3 is 1. The number of hydrogen-bond donors (Lipinski definition) is 1. The van der Waals surface area contributed by atoms with Gasteiger partial charge in [-0.25, -0.2) is 0 Å². The van der Waals surface area contributed by atoms with Crippen LogP contribution in [-0.4, -0.2) is 7.11 Å². The zero-order chi connectivity index (χ0) is 11.4. The fourth-order valence-electron chi connectivity index (χ4n) is 1.68. The normalized spacial score (nSPS) is 10.1. The van der Waals surface area contributed by atoms with Crippen LogP contribution < -0.4 is 10.5 Å². The largest absolute Gasteiger partial charge is 0.497 e. The molecule has 2 nitrogen and oxygen atoms in total. The zero-order valence-electron chi connectivity index (χ0n) is 9.31. The molecule has 2 heteroatoms. The van der Waals surface area contributed by atoms with E-state index in [0.29, 0.717) is 0 Å². The first kappa shape index (κ1) is 10.6. The quantitative estimate of drug-likeness (QED) is 0.796. The highest BCUT2D eigenvalue weighted by Crippen LogP contribution is 2.16.